The molecule has 0 spiro atoms. The quantitative estimate of drug-likeness (QED) is 0.0252. The Hall–Kier alpha value is -2.36. The monoisotopic (exact) mass is 1390 g/mol. The summed E-state index contributed by atoms with van der Waals surface area (Å²) < 4.78 is 58.4. The van der Waals surface area contributed by atoms with E-state index in [0.717, 1.165) is 51.9 Å². The van der Waals surface area contributed by atoms with Crippen molar-refractivity contribution in [3.63, 3.8) is 0 Å². The zero-order valence-electron chi connectivity index (χ0n) is 56.4. The lowest BCUT2D eigenvalue weighted by Crippen LogP contribution is -2.70. The van der Waals surface area contributed by atoms with Crippen LogP contribution in [-0.4, -0.2) is 299 Å². The summed E-state index contributed by atoms with van der Waals surface area (Å²) in [5.74, 6) is -1.15. The Morgan fingerprint density at radius 1 is 0.406 bits per heavy atom. The molecule has 0 aromatic heterocycles. The van der Waals surface area contributed by atoms with Crippen molar-refractivity contribution in [2.24, 2.45) is 0 Å². The van der Waals surface area contributed by atoms with Gasteiger partial charge in [0, 0.05) is 13.3 Å². The Bertz CT molecular complexity index is 2110. The van der Waals surface area contributed by atoms with E-state index in [2.05, 4.69) is 24.5 Å². The summed E-state index contributed by atoms with van der Waals surface area (Å²) in [7, 11) is 0. The van der Waals surface area contributed by atoms with Crippen LogP contribution in [0.4, 0.5) is 0 Å². The van der Waals surface area contributed by atoms with E-state index in [1.165, 1.54) is 103 Å². The van der Waals surface area contributed by atoms with Crippen molar-refractivity contribution in [1.82, 2.24) is 10.6 Å². The lowest BCUT2D eigenvalue weighted by atomic mass is 9.94. The summed E-state index contributed by atoms with van der Waals surface area (Å²) in [5.41, 5.74) is 0. The predicted octanol–water partition coefficient (Wildman–Crippen LogP) is -1.17. The normalized spacial score (nSPS) is 36.6. The highest BCUT2D eigenvalue weighted by molar-refractivity contribution is 5.76. The highest BCUT2D eigenvalue weighted by Gasteiger charge is 2.57. The number of rotatable bonds is 46. The number of unbranched alkanes of at least 4 members (excludes halogenated alkanes) is 23. The van der Waals surface area contributed by atoms with Gasteiger partial charge in [-0.15, -0.1) is 0 Å². The van der Waals surface area contributed by atoms with E-state index in [1.54, 1.807) is 6.08 Å². The number of amides is 2. The van der Waals surface area contributed by atoms with Crippen LogP contribution >= 0.6 is 0 Å². The first-order valence-corrected chi connectivity index (χ1v) is 35.5. The van der Waals surface area contributed by atoms with E-state index in [1.807, 2.05) is 6.08 Å². The van der Waals surface area contributed by atoms with Gasteiger partial charge in [0.05, 0.1) is 51.8 Å². The zero-order valence-corrected chi connectivity index (χ0v) is 56.4. The van der Waals surface area contributed by atoms with Crippen LogP contribution in [0.2, 0.25) is 0 Å². The lowest BCUT2D eigenvalue weighted by Gasteiger charge is -2.50. The van der Waals surface area contributed by atoms with Gasteiger partial charge in [-0.3, -0.25) is 9.59 Å². The molecule has 27 atom stereocenters. The second-order valence-corrected chi connectivity index (χ2v) is 26.4. The van der Waals surface area contributed by atoms with Crippen LogP contribution in [0.3, 0.4) is 0 Å². The fourth-order valence-corrected chi connectivity index (χ4v) is 12.9. The summed E-state index contributed by atoms with van der Waals surface area (Å²) in [6, 6.07) is -2.78. The second kappa shape index (κ2) is 45.6. The van der Waals surface area contributed by atoms with E-state index < -0.39 is 211 Å². The highest BCUT2D eigenvalue weighted by atomic mass is 16.8. The van der Waals surface area contributed by atoms with Crippen LogP contribution in [0.25, 0.3) is 0 Å². The Labute approximate surface area is 564 Å². The van der Waals surface area contributed by atoms with Crippen molar-refractivity contribution in [3.8, 4) is 0 Å². The van der Waals surface area contributed by atoms with Crippen molar-refractivity contribution in [3.05, 3.63) is 12.2 Å². The van der Waals surface area contributed by atoms with Crippen molar-refractivity contribution in [2.45, 2.75) is 353 Å². The molecule has 5 rings (SSSR count). The van der Waals surface area contributed by atoms with Gasteiger partial charge in [0.2, 0.25) is 11.8 Å². The fourth-order valence-electron chi connectivity index (χ4n) is 12.9. The fraction of sp³-hybridized carbons (Fsp3) is 0.939. The average Bonchev–Trinajstić information content (AvgIpc) is 0.776. The molecule has 5 aliphatic heterocycles. The molecular formula is C66H120N2O28. The molecule has 18 N–H and O–H groups in total. The molecule has 30 heteroatoms. The number of carbonyl (C=O) groups excluding carboxylic acids is 2. The maximum absolute atomic E-state index is 13.4. The van der Waals surface area contributed by atoms with E-state index in [0.29, 0.717) is 12.8 Å². The third kappa shape index (κ3) is 25.9. The number of carbonyl (C=O) groups is 2. The van der Waals surface area contributed by atoms with Crippen molar-refractivity contribution in [2.75, 3.05) is 39.6 Å². The zero-order chi connectivity index (χ0) is 70.3. The first-order valence-electron chi connectivity index (χ1n) is 35.5. The highest BCUT2D eigenvalue weighted by Crippen LogP contribution is 2.36. The van der Waals surface area contributed by atoms with Gasteiger partial charge in [0.25, 0.3) is 0 Å². The van der Waals surface area contributed by atoms with Gasteiger partial charge in [0.15, 0.2) is 31.5 Å². The maximum Gasteiger partial charge on any atom is 0.220 e. The topological polar surface area (TPSA) is 474 Å². The lowest BCUT2D eigenvalue weighted by molar-refractivity contribution is -0.385. The first kappa shape index (κ1) is 84.3. The number of ether oxygens (including phenoxy) is 10. The van der Waals surface area contributed by atoms with Crippen LogP contribution in [-0.2, 0) is 57.0 Å². The third-order valence-corrected chi connectivity index (χ3v) is 18.7. The summed E-state index contributed by atoms with van der Waals surface area (Å²) in [4.78, 5) is 26.3. The molecule has 96 heavy (non-hydrogen) atoms. The molecule has 30 nitrogen and oxygen atoms in total. The molecule has 5 aliphatic rings. The van der Waals surface area contributed by atoms with Crippen LogP contribution in [0.5, 0.6) is 0 Å². The molecule has 5 saturated heterocycles. The largest absolute Gasteiger partial charge is 0.394 e. The Morgan fingerprint density at radius 2 is 0.771 bits per heavy atom. The van der Waals surface area contributed by atoms with Gasteiger partial charge in [-0.05, 0) is 19.3 Å². The number of hydrogen-bond donors (Lipinski definition) is 18. The van der Waals surface area contributed by atoms with Crippen molar-refractivity contribution in [1.29, 1.82) is 0 Å². The van der Waals surface area contributed by atoms with Crippen LogP contribution < -0.4 is 10.6 Å². The number of hydrogen-bond acceptors (Lipinski definition) is 28. The minimum Gasteiger partial charge on any atom is -0.394 e. The van der Waals surface area contributed by atoms with Crippen LogP contribution in [0.15, 0.2) is 12.2 Å². The smallest absolute Gasteiger partial charge is 0.220 e. The standard InChI is InChI=1S/C66H120N2O28/c1-4-6-8-10-12-14-16-18-20-22-24-26-28-30-40(75)39(68-46(76)31-29-27-25-23-21-19-17-15-13-11-9-7-5-2)37-87-63-55(84)52(81)59(44(35-72)91-63)94-65-56(85)53(82)58(45(36-73)92-65)93-62-47(67-38(3)74)60(49(78)42(33-70)88-62)95-66-57(86)61(50(79)43(34-71)90-66)96-64-54(83)51(80)48(77)41(32-69)89-64/h28,30,39-45,47-66,69-73,75,77-86H,4-27,29,31-37H2,1-3H3,(H,67,74)(H,68,76)/b30-28+/t39-,40+,41?,42?,43?,44?,45?,47?,48-,49-,50-,51-,52+,53+,54?,55?,56?,57?,58-,59+,60+,61-,62-,63+,64+,65-,66-/m0/s1. The van der Waals surface area contributed by atoms with Gasteiger partial charge < -0.3 is 140 Å². The molecule has 0 radical (unpaired) electrons. The average molecular weight is 1390 g/mol. The Morgan fingerprint density at radius 3 is 1.25 bits per heavy atom. The molecule has 0 saturated carbocycles. The molecule has 5 heterocycles. The van der Waals surface area contributed by atoms with Gasteiger partial charge in [0.1, 0.15) is 122 Å². The minimum absolute atomic E-state index is 0.197. The van der Waals surface area contributed by atoms with Gasteiger partial charge >= 0.3 is 0 Å². The number of aliphatic hydroxyl groups excluding tert-OH is 16. The number of allylic oxidation sites excluding steroid dienone is 1. The maximum atomic E-state index is 13.4. The summed E-state index contributed by atoms with van der Waals surface area (Å²) >= 11 is 0. The molecule has 562 valence electrons. The second-order valence-electron chi connectivity index (χ2n) is 26.4. The molecule has 10 unspecified atom stereocenters. The van der Waals surface area contributed by atoms with Gasteiger partial charge in [-0.1, -0.05) is 167 Å². The molecule has 2 amide bonds. The van der Waals surface area contributed by atoms with Crippen molar-refractivity contribution < 1.29 is 139 Å². The Balaban J connectivity index is 1.21. The summed E-state index contributed by atoms with van der Waals surface area (Å²) in [6.45, 7) is 0.316. The molecule has 5 fully saturated rings. The molecule has 0 aromatic carbocycles. The molecule has 0 aliphatic carbocycles. The van der Waals surface area contributed by atoms with Crippen LogP contribution in [0.1, 0.15) is 188 Å². The van der Waals surface area contributed by atoms with Gasteiger partial charge in [-0.25, -0.2) is 0 Å². The third-order valence-electron chi connectivity index (χ3n) is 18.7. The van der Waals surface area contributed by atoms with Gasteiger partial charge in [-0.2, -0.15) is 0 Å². The van der Waals surface area contributed by atoms with Crippen LogP contribution in [0, 0.1) is 0 Å². The minimum atomic E-state index is -2.16. The summed E-state index contributed by atoms with van der Waals surface area (Å²) in [5, 5.41) is 180. The van der Waals surface area contributed by atoms with E-state index >= 15 is 0 Å². The Kier molecular flexibility index (Phi) is 40.0. The van der Waals surface area contributed by atoms with E-state index in [4.69, 9.17) is 47.4 Å². The SMILES string of the molecule is CCCCCCCCCCCCC/C=C/[C@@H](O)[C@H](CO[C@@H]1OC(CO)[C@@H](O[C@@H]2OC(CO)[C@H](O[C@@H]3OC(CO)[C@H](O)[C@H](O[C@@H]4OC(CO)[C@H](O)[C@H](O[C@H]5OC(CO)[C@H](O)[C@H](O)C5O)C4O)C3NC(C)=O)[C@H](O)C2O)[C@H](O)C1O)NC(=O)CCCCCCCCCCCCCCC. The number of nitrogens with one attached hydrogen (secondary N) is 2. The predicted molar refractivity (Wildman–Crippen MR) is 340 cm³/mol. The molecular weight excluding hydrogens is 1270 g/mol. The van der Waals surface area contributed by atoms with Crippen molar-refractivity contribution >= 4 is 11.8 Å². The first-order chi connectivity index (χ1) is 46.2. The summed E-state index contributed by atoms with van der Waals surface area (Å²) in [6.07, 6.45) is -14.1. The van der Waals surface area contributed by atoms with E-state index in [-0.39, 0.29) is 12.3 Å². The number of aliphatic hydroxyl groups is 16. The van der Waals surface area contributed by atoms with E-state index in [9.17, 15) is 91.3 Å². The molecule has 0 aromatic rings. The molecule has 0 bridgehead atoms.